The number of H-pyrrole nitrogens is 1. The monoisotopic (exact) mass is 277 g/mol. The quantitative estimate of drug-likeness (QED) is 0.914. The number of hydrogen-bond donors (Lipinski definition) is 1. The second-order valence-corrected chi connectivity index (χ2v) is 5.48. The number of aromatic nitrogens is 2. The smallest absolute Gasteiger partial charge is 0.253 e. The van der Waals surface area contributed by atoms with Gasteiger partial charge in [-0.3, -0.25) is 4.79 Å². The van der Waals surface area contributed by atoms with Crippen LogP contribution >= 0.6 is 11.8 Å². The van der Waals surface area contributed by atoms with Gasteiger partial charge in [-0.1, -0.05) is 6.92 Å². The van der Waals surface area contributed by atoms with Gasteiger partial charge in [-0.25, -0.2) is 4.98 Å². The first kappa shape index (κ1) is 13.9. The fourth-order valence-corrected chi connectivity index (χ4v) is 2.98. The number of amides is 1. The number of fused-ring (bicyclic) bond motifs is 1. The first-order valence-corrected chi connectivity index (χ1v) is 7.76. The summed E-state index contributed by atoms with van der Waals surface area (Å²) in [5.74, 6) is 1.03. The summed E-state index contributed by atoms with van der Waals surface area (Å²) in [6, 6.07) is 5.86. The van der Waals surface area contributed by atoms with Crippen molar-refractivity contribution in [3.8, 4) is 0 Å². The van der Waals surface area contributed by atoms with Gasteiger partial charge in [-0.2, -0.15) is 11.8 Å². The molecule has 102 valence electrons. The van der Waals surface area contributed by atoms with Gasteiger partial charge in [0, 0.05) is 24.4 Å². The summed E-state index contributed by atoms with van der Waals surface area (Å²) in [7, 11) is 1.88. The van der Waals surface area contributed by atoms with Crippen LogP contribution in [0.1, 0.15) is 23.7 Å². The number of nitrogens with zero attached hydrogens (tertiary/aromatic N) is 2. The number of benzene rings is 1. The Balaban J connectivity index is 2.21. The first-order valence-electron chi connectivity index (χ1n) is 6.36. The van der Waals surface area contributed by atoms with Crippen molar-refractivity contribution in [2.45, 2.75) is 19.4 Å². The van der Waals surface area contributed by atoms with Crippen LogP contribution in [-0.4, -0.2) is 45.9 Å². The van der Waals surface area contributed by atoms with Crippen LogP contribution in [0.5, 0.6) is 0 Å². The van der Waals surface area contributed by atoms with Gasteiger partial charge < -0.3 is 9.88 Å². The van der Waals surface area contributed by atoms with Crippen LogP contribution in [0.3, 0.4) is 0 Å². The largest absolute Gasteiger partial charge is 0.345 e. The third-order valence-corrected chi connectivity index (χ3v) is 4.08. The Kier molecular flexibility index (Phi) is 4.47. The highest BCUT2D eigenvalue weighted by Crippen LogP contribution is 2.16. The van der Waals surface area contributed by atoms with Crippen molar-refractivity contribution < 1.29 is 4.79 Å². The third-order valence-electron chi connectivity index (χ3n) is 3.37. The number of imidazole rings is 1. The maximum Gasteiger partial charge on any atom is 0.253 e. The van der Waals surface area contributed by atoms with E-state index in [1.807, 2.05) is 30.1 Å². The molecule has 0 aliphatic rings. The van der Waals surface area contributed by atoms with Crippen molar-refractivity contribution in [2.75, 3.05) is 19.1 Å². The number of aromatic amines is 1. The molecule has 1 atom stereocenters. The molecule has 2 aromatic rings. The van der Waals surface area contributed by atoms with Crippen LogP contribution in [0.25, 0.3) is 11.0 Å². The van der Waals surface area contributed by atoms with Crippen molar-refractivity contribution in [3.05, 3.63) is 30.1 Å². The lowest BCUT2D eigenvalue weighted by Crippen LogP contribution is -2.38. The lowest BCUT2D eigenvalue weighted by molar-refractivity contribution is 0.0744. The average molecular weight is 277 g/mol. The molecule has 1 aromatic heterocycles. The maximum atomic E-state index is 12.5. The summed E-state index contributed by atoms with van der Waals surface area (Å²) < 4.78 is 0. The molecule has 0 aliphatic carbocycles. The van der Waals surface area contributed by atoms with E-state index < -0.39 is 0 Å². The highest BCUT2D eigenvalue weighted by atomic mass is 32.2. The minimum absolute atomic E-state index is 0.0670. The molecule has 1 heterocycles. The van der Waals surface area contributed by atoms with Crippen LogP contribution in [-0.2, 0) is 0 Å². The summed E-state index contributed by atoms with van der Waals surface area (Å²) in [5, 5.41) is 0. The van der Waals surface area contributed by atoms with Gasteiger partial charge in [0.15, 0.2) is 0 Å². The van der Waals surface area contributed by atoms with Crippen LogP contribution in [0.4, 0.5) is 0 Å². The molecule has 1 N–H and O–H groups in total. The van der Waals surface area contributed by atoms with E-state index in [2.05, 4.69) is 23.1 Å². The van der Waals surface area contributed by atoms with Gasteiger partial charge in [-0.05, 0) is 30.9 Å². The zero-order valence-corrected chi connectivity index (χ0v) is 12.3. The second kappa shape index (κ2) is 6.10. The highest BCUT2D eigenvalue weighted by molar-refractivity contribution is 7.98. The number of carbonyl (C=O) groups excluding carboxylic acids is 1. The summed E-state index contributed by atoms with van der Waals surface area (Å²) >= 11 is 1.77. The zero-order chi connectivity index (χ0) is 13.8. The lowest BCUT2D eigenvalue weighted by Gasteiger charge is -2.26. The Morgan fingerprint density at radius 1 is 1.53 bits per heavy atom. The van der Waals surface area contributed by atoms with Crippen molar-refractivity contribution in [3.63, 3.8) is 0 Å². The molecule has 1 amide bonds. The molecule has 2 rings (SSSR count). The van der Waals surface area contributed by atoms with Crippen molar-refractivity contribution in [2.24, 2.45) is 0 Å². The Labute approximate surface area is 117 Å². The molecule has 0 saturated heterocycles. The van der Waals surface area contributed by atoms with E-state index in [1.165, 1.54) is 0 Å². The van der Waals surface area contributed by atoms with Gasteiger partial charge in [0.25, 0.3) is 5.91 Å². The van der Waals surface area contributed by atoms with E-state index in [0.717, 1.165) is 23.2 Å². The molecule has 4 nitrogen and oxygen atoms in total. The van der Waals surface area contributed by atoms with Gasteiger partial charge in [0.2, 0.25) is 0 Å². The van der Waals surface area contributed by atoms with E-state index in [1.54, 1.807) is 18.1 Å². The predicted molar refractivity (Wildman–Crippen MR) is 80.6 cm³/mol. The maximum absolute atomic E-state index is 12.5. The highest BCUT2D eigenvalue weighted by Gasteiger charge is 2.19. The fraction of sp³-hybridized carbons (Fsp3) is 0.429. The van der Waals surface area contributed by atoms with Crippen LogP contribution in [0.15, 0.2) is 24.5 Å². The van der Waals surface area contributed by atoms with Crippen LogP contribution < -0.4 is 0 Å². The topological polar surface area (TPSA) is 49.0 Å². The minimum atomic E-state index is 0.0670. The Morgan fingerprint density at radius 2 is 2.32 bits per heavy atom. The molecule has 0 spiro atoms. The van der Waals surface area contributed by atoms with E-state index in [-0.39, 0.29) is 11.9 Å². The first-order chi connectivity index (χ1) is 9.17. The number of nitrogens with one attached hydrogen (secondary N) is 1. The standard InChI is InChI=1S/C14H19N3OS/c1-4-11(8-19-3)17(2)14(18)10-5-6-12-13(7-10)16-9-15-12/h5-7,9,11H,4,8H2,1-3H3,(H,15,16). The molecular formula is C14H19N3OS. The van der Waals surface area contributed by atoms with E-state index >= 15 is 0 Å². The van der Waals surface area contributed by atoms with Crippen molar-refractivity contribution >= 4 is 28.7 Å². The SMILES string of the molecule is CCC(CSC)N(C)C(=O)c1ccc2nc[nH]c2c1. The minimum Gasteiger partial charge on any atom is -0.345 e. The molecule has 1 unspecified atom stereocenters. The molecule has 0 saturated carbocycles. The van der Waals surface area contributed by atoms with Gasteiger partial charge in [0.1, 0.15) is 0 Å². The molecule has 0 aliphatic heterocycles. The zero-order valence-electron chi connectivity index (χ0n) is 11.5. The predicted octanol–water partition coefficient (Wildman–Crippen LogP) is 2.78. The third kappa shape index (κ3) is 2.92. The molecule has 0 bridgehead atoms. The number of carbonyl (C=O) groups is 1. The summed E-state index contributed by atoms with van der Waals surface area (Å²) in [6.07, 6.45) is 4.68. The normalized spacial score (nSPS) is 12.6. The summed E-state index contributed by atoms with van der Waals surface area (Å²) in [5.41, 5.74) is 2.49. The molecule has 0 fully saturated rings. The van der Waals surface area contributed by atoms with E-state index in [0.29, 0.717) is 5.56 Å². The average Bonchev–Trinajstić information content (AvgIpc) is 2.90. The number of thioether (sulfide) groups is 1. The summed E-state index contributed by atoms with van der Waals surface area (Å²) in [4.78, 5) is 21.5. The molecule has 5 heteroatoms. The van der Waals surface area contributed by atoms with E-state index in [4.69, 9.17) is 0 Å². The van der Waals surface area contributed by atoms with Crippen LogP contribution in [0.2, 0.25) is 0 Å². The van der Waals surface area contributed by atoms with Crippen molar-refractivity contribution in [1.82, 2.24) is 14.9 Å². The second-order valence-electron chi connectivity index (χ2n) is 4.57. The fourth-order valence-electron chi connectivity index (χ4n) is 2.13. The van der Waals surface area contributed by atoms with Gasteiger partial charge in [0.05, 0.1) is 17.4 Å². The van der Waals surface area contributed by atoms with Gasteiger partial charge >= 0.3 is 0 Å². The van der Waals surface area contributed by atoms with E-state index in [9.17, 15) is 4.79 Å². The lowest BCUT2D eigenvalue weighted by atomic mass is 10.1. The number of hydrogen-bond acceptors (Lipinski definition) is 3. The van der Waals surface area contributed by atoms with Crippen LogP contribution in [0, 0.1) is 0 Å². The molecular weight excluding hydrogens is 258 g/mol. The molecule has 19 heavy (non-hydrogen) atoms. The molecule has 0 radical (unpaired) electrons. The summed E-state index contributed by atoms with van der Waals surface area (Å²) in [6.45, 7) is 2.11. The van der Waals surface area contributed by atoms with Crippen molar-refractivity contribution in [1.29, 1.82) is 0 Å². The Bertz CT molecular complexity index is 567. The Hall–Kier alpha value is -1.49. The van der Waals surface area contributed by atoms with Gasteiger partial charge in [-0.15, -0.1) is 0 Å². The molecule has 1 aromatic carbocycles. The Morgan fingerprint density at radius 3 is 3.00 bits per heavy atom. The number of rotatable bonds is 5.